The number of amides is 2. The highest BCUT2D eigenvalue weighted by Gasteiger charge is 2.41. The standard InChI is InChI=1S/C12H14ClN3O2/c1-12(2)11(18)15-10(17)6-16(12)9-4-3-7(14)5-8(9)13/h3-5H,6,14H2,1-2H3,(H,15,17,18). The molecule has 6 heteroatoms. The topological polar surface area (TPSA) is 75.4 Å². The van der Waals surface area contributed by atoms with Crippen LogP contribution in [0, 0.1) is 0 Å². The Balaban J connectivity index is 2.47. The number of piperazine rings is 1. The number of rotatable bonds is 1. The van der Waals surface area contributed by atoms with Gasteiger partial charge in [-0.05, 0) is 32.0 Å². The molecule has 2 rings (SSSR count). The van der Waals surface area contributed by atoms with Gasteiger partial charge in [0.15, 0.2) is 0 Å². The van der Waals surface area contributed by atoms with E-state index in [0.29, 0.717) is 16.4 Å². The lowest BCUT2D eigenvalue weighted by atomic mass is 9.97. The Bertz CT molecular complexity index is 528. The predicted octanol–water partition coefficient (Wildman–Crippen LogP) is 1.16. The van der Waals surface area contributed by atoms with E-state index < -0.39 is 5.54 Å². The van der Waals surface area contributed by atoms with Gasteiger partial charge in [0, 0.05) is 5.69 Å². The lowest BCUT2D eigenvalue weighted by Crippen LogP contribution is -2.64. The number of nitrogen functional groups attached to an aromatic ring is 1. The third kappa shape index (κ3) is 2.01. The average molecular weight is 268 g/mol. The maximum atomic E-state index is 11.8. The molecule has 0 saturated carbocycles. The van der Waals surface area contributed by atoms with Crippen molar-refractivity contribution in [2.24, 2.45) is 0 Å². The zero-order valence-corrected chi connectivity index (χ0v) is 10.9. The zero-order chi connectivity index (χ0) is 13.5. The first kappa shape index (κ1) is 12.7. The molecule has 1 aromatic carbocycles. The molecule has 0 atom stereocenters. The normalized spacial score (nSPS) is 18.7. The fourth-order valence-electron chi connectivity index (χ4n) is 1.91. The fourth-order valence-corrected chi connectivity index (χ4v) is 2.20. The molecule has 1 saturated heterocycles. The van der Waals surface area contributed by atoms with E-state index >= 15 is 0 Å². The van der Waals surface area contributed by atoms with Crippen LogP contribution in [0.4, 0.5) is 11.4 Å². The minimum absolute atomic E-state index is 0.0857. The minimum atomic E-state index is -0.840. The van der Waals surface area contributed by atoms with Crippen LogP contribution < -0.4 is 16.0 Å². The van der Waals surface area contributed by atoms with Gasteiger partial charge in [-0.1, -0.05) is 11.6 Å². The number of carbonyl (C=O) groups excluding carboxylic acids is 2. The lowest BCUT2D eigenvalue weighted by molar-refractivity contribution is -0.135. The van der Waals surface area contributed by atoms with Crippen molar-refractivity contribution in [2.75, 3.05) is 17.2 Å². The van der Waals surface area contributed by atoms with Crippen molar-refractivity contribution < 1.29 is 9.59 Å². The first-order valence-corrected chi connectivity index (χ1v) is 5.87. The van der Waals surface area contributed by atoms with E-state index in [1.807, 2.05) is 0 Å². The number of benzene rings is 1. The second-order valence-electron chi connectivity index (χ2n) is 4.73. The Labute approximate surface area is 110 Å². The van der Waals surface area contributed by atoms with Gasteiger partial charge in [0.1, 0.15) is 5.54 Å². The SMILES string of the molecule is CC1(C)C(=O)NC(=O)CN1c1ccc(N)cc1Cl. The monoisotopic (exact) mass is 267 g/mol. The third-order valence-corrected chi connectivity index (χ3v) is 3.35. The highest BCUT2D eigenvalue weighted by atomic mass is 35.5. The van der Waals surface area contributed by atoms with E-state index in [1.54, 1.807) is 36.9 Å². The second kappa shape index (κ2) is 4.17. The van der Waals surface area contributed by atoms with Crippen LogP contribution in [0.5, 0.6) is 0 Å². The summed E-state index contributed by atoms with van der Waals surface area (Å²) in [7, 11) is 0. The molecule has 0 aromatic heterocycles. The fraction of sp³-hybridized carbons (Fsp3) is 0.333. The number of hydrogen-bond donors (Lipinski definition) is 2. The molecule has 0 radical (unpaired) electrons. The van der Waals surface area contributed by atoms with Crippen molar-refractivity contribution in [3.05, 3.63) is 23.2 Å². The molecule has 2 amide bonds. The molecule has 1 heterocycles. The van der Waals surface area contributed by atoms with Gasteiger partial charge in [-0.25, -0.2) is 0 Å². The highest BCUT2D eigenvalue weighted by molar-refractivity contribution is 6.33. The molecule has 1 fully saturated rings. The molecule has 1 aromatic rings. The Kier molecular flexibility index (Phi) is 2.94. The summed E-state index contributed by atoms with van der Waals surface area (Å²) in [6, 6.07) is 5.00. The first-order chi connectivity index (χ1) is 8.32. The van der Waals surface area contributed by atoms with Crippen LogP contribution in [0.1, 0.15) is 13.8 Å². The van der Waals surface area contributed by atoms with Crippen LogP contribution in [0.15, 0.2) is 18.2 Å². The summed E-state index contributed by atoms with van der Waals surface area (Å²) in [4.78, 5) is 25.0. The van der Waals surface area contributed by atoms with Crippen molar-refractivity contribution in [3.63, 3.8) is 0 Å². The van der Waals surface area contributed by atoms with Gasteiger partial charge in [-0.2, -0.15) is 0 Å². The van der Waals surface area contributed by atoms with Crippen LogP contribution in [0.25, 0.3) is 0 Å². The van der Waals surface area contributed by atoms with Gasteiger partial charge >= 0.3 is 0 Å². The Morgan fingerprint density at radius 2 is 2.06 bits per heavy atom. The van der Waals surface area contributed by atoms with Gasteiger partial charge in [0.05, 0.1) is 17.3 Å². The Morgan fingerprint density at radius 1 is 1.39 bits per heavy atom. The summed E-state index contributed by atoms with van der Waals surface area (Å²) >= 11 is 6.12. The summed E-state index contributed by atoms with van der Waals surface area (Å²) in [6.45, 7) is 3.56. The van der Waals surface area contributed by atoms with Crippen LogP contribution in [0.3, 0.4) is 0 Å². The lowest BCUT2D eigenvalue weighted by Gasteiger charge is -2.42. The summed E-state index contributed by atoms with van der Waals surface area (Å²) in [6.07, 6.45) is 0. The summed E-state index contributed by atoms with van der Waals surface area (Å²) < 4.78 is 0. The number of nitrogens with two attached hydrogens (primary N) is 1. The highest BCUT2D eigenvalue weighted by Crippen LogP contribution is 2.33. The largest absolute Gasteiger partial charge is 0.399 e. The predicted molar refractivity (Wildman–Crippen MR) is 70.4 cm³/mol. The maximum absolute atomic E-state index is 11.8. The van der Waals surface area contributed by atoms with Crippen LogP contribution in [-0.4, -0.2) is 23.9 Å². The van der Waals surface area contributed by atoms with Crippen molar-refractivity contribution in [2.45, 2.75) is 19.4 Å². The van der Waals surface area contributed by atoms with Crippen LogP contribution in [-0.2, 0) is 9.59 Å². The van der Waals surface area contributed by atoms with E-state index in [9.17, 15) is 9.59 Å². The molecule has 0 bridgehead atoms. The molecule has 96 valence electrons. The van der Waals surface area contributed by atoms with Crippen LogP contribution >= 0.6 is 11.6 Å². The molecular weight excluding hydrogens is 254 g/mol. The molecule has 3 N–H and O–H groups in total. The molecular formula is C12H14ClN3O2. The maximum Gasteiger partial charge on any atom is 0.251 e. The van der Waals surface area contributed by atoms with Gasteiger partial charge < -0.3 is 10.6 Å². The molecule has 0 aliphatic carbocycles. The number of nitrogens with zero attached hydrogens (tertiary/aromatic N) is 1. The molecule has 0 spiro atoms. The van der Waals surface area contributed by atoms with E-state index in [0.717, 1.165) is 0 Å². The number of carbonyl (C=O) groups is 2. The second-order valence-corrected chi connectivity index (χ2v) is 5.14. The quantitative estimate of drug-likeness (QED) is 0.591. The van der Waals surface area contributed by atoms with Gasteiger partial charge in [0.25, 0.3) is 5.91 Å². The average Bonchev–Trinajstić information content (AvgIpc) is 2.24. The van der Waals surface area contributed by atoms with Crippen molar-refractivity contribution in [3.8, 4) is 0 Å². The van der Waals surface area contributed by atoms with Gasteiger partial charge in [-0.15, -0.1) is 0 Å². The third-order valence-electron chi connectivity index (χ3n) is 3.05. The summed E-state index contributed by atoms with van der Waals surface area (Å²) in [5.41, 5.74) is 5.95. The smallest absolute Gasteiger partial charge is 0.251 e. The van der Waals surface area contributed by atoms with E-state index in [1.165, 1.54) is 0 Å². The Hall–Kier alpha value is -1.75. The molecule has 1 aliphatic rings. The minimum Gasteiger partial charge on any atom is -0.399 e. The summed E-state index contributed by atoms with van der Waals surface area (Å²) in [5.74, 6) is -0.682. The number of imide groups is 1. The first-order valence-electron chi connectivity index (χ1n) is 5.49. The van der Waals surface area contributed by atoms with E-state index in [2.05, 4.69) is 5.32 Å². The number of nitrogens with one attached hydrogen (secondary N) is 1. The van der Waals surface area contributed by atoms with E-state index in [4.69, 9.17) is 17.3 Å². The van der Waals surface area contributed by atoms with Crippen molar-refractivity contribution >= 4 is 34.8 Å². The molecule has 0 unspecified atom stereocenters. The zero-order valence-electron chi connectivity index (χ0n) is 10.2. The van der Waals surface area contributed by atoms with Crippen LogP contribution in [0.2, 0.25) is 5.02 Å². The van der Waals surface area contributed by atoms with E-state index in [-0.39, 0.29) is 18.4 Å². The van der Waals surface area contributed by atoms with Crippen molar-refractivity contribution in [1.82, 2.24) is 5.32 Å². The molecule has 1 aliphatic heterocycles. The molecule has 5 nitrogen and oxygen atoms in total. The summed E-state index contributed by atoms with van der Waals surface area (Å²) in [5, 5.41) is 2.73. The Morgan fingerprint density at radius 3 is 2.67 bits per heavy atom. The molecule has 18 heavy (non-hydrogen) atoms. The van der Waals surface area contributed by atoms with Gasteiger partial charge in [0.2, 0.25) is 5.91 Å². The number of halogens is 1. The van der Waals surface area contributed by atoms with Gasteiger partial charge in [-0.3, -0.25) is 14.9 Å². The van der Waals surface area contributed by atoms with Crippen molar-refractivity contribution in [1.29, 1.82) is 0 Å². The number of hydrogen-bond acceptors (Lipinski definition) is 4. The number of anilines is 2.